The molecule has 1 rings (SSSR count). The van der Waals surface area contributed by atoms with Crippen molar-refractivity contribution in [1.82, 2.24) is 0 Å². The van der Waals surface area contributed by atoms with Crippen LogP contribution in [-0.2, 0) is 9.53 Å². The van der Waals surface area contributed by atoms with Crippen molar-refractivity contribution < 1.29 is 9.53 Å². The van der Waals surface area contributed by atoms with E-state index in [0.29, 0.717) is 13.2 Å². The Morgan fingerprint density at radius 2 is 2.11 bits per heavy atom. The lowest BCUT2D eigenvalue weighted by molar-refractivity contribution is -0.137. The first-order valence-corrected chi connectivity index (χ1v) is 6.16. The molecule has 3 heteroatoms. The van der Waals surface area contributed by atoms with Gasteiger partial charge >= 0.3 is 5.97 Å². The molecule has 0 unspecified atom stereocenters. The third kappa shape index (κ3) is 4.24. The lowest BCUT2D eigenvalue weighted by atomic mass is 10.1. The summed E-state index contributed by atoms with van der Waals surface area (Å²) in [5, 5.41) is 0. The highest BCUT2D eigenvalue weighted by atomic mass is 16.5. The molecule has 0 fully saturated rings. The van der Waals surface area contributed by atoms with Gasteiger partial charge in [0.25, 0.3) is 0 Å². The van der Waals surface area contributed by atoms with Crippen LogP contribution in [0.15, 0.2) is 30.4 Å². The van der Waals surface area contributed by atoms with E-state index in [-0.39, 0.29) is 5.97 Å². The van der Waals surface area contributed by atoms with Gasteiger partial charge in [-0.3, -0.25) is 0 Å². The molecule has 0 saturated heterocycles. The second-order valence-electron chi connectivity index (χ2n) is 4.32. The highest BCUT2D eigenvalue weighted by Gasteiger charge is 2.03. The second-order valence-corrected chi connectivity index (χ2v) is 4.32. The number of rotatable bonds is 5. The molecule has 0 amide bonds. The molecular weight excluding hydrogens is 226 g/mol. The topological polar surface area (TPSA) is 29.5 Å². The highest BCUT2D eigenvalue weighted by Crippen LogP contribution is 2.19. The number of ether oxygens (including phenoxy) is 1. The van der Waals surface area contributed by atoms with Crippen molar-refractivity contribution in [2.45, 2.75) is 20.8 Å². The third-order valence-electron chi connectivity index (χ3n) is 2.68. The summed E-state index contributed by atoms with van der Waals surface area (Å²) in [6.07, 6.45) is 3.29. The molecule has 0 aliphatic carbocycles. The molecule has 0 spiro atoms. The monoisotopic (exact) mass is 247 g/mol. The zero-order chi connectivity index (χ0) is 13.5. The van der Waals surface area contributed by atoms with Gasteiger partial charge in [0, 0.05) is 25.4 Å². The number of anilines is 1. The largest absolute Gasteiger partial charge is 0.463 e. The fourth-order valence-corrected chi connectivity index (χ4v) is 1.83. The fourth-order valence-electron chi connectivity index (χ4n) is 1.83. The molecule has 18 heavy (non-hydrogen) atoms. The summed E-state index contributed by atoms with van der Waals surface area (Å²) in [6.45, 7) is 7.07. The Balaban J connectivity index is 2.60. The Kier molecular flexibility index (Phi) is 5.43. The van der Waals surface area contributed by atoms with Crippen LogP contribution in [0.25, 0.3) is 0 Å². The van der Waals surface area contributed by atoms with Crippen molar-refractivity contribution in [3.63, 3.8) is 0 Å². The van der Waals surface area contributed by atoms with Crippen LogP contribution in [0.4, 0.5) is 5.69 Å². The van der Waals surface area contributed by atoms with Gasteiger partial charge in [-0.25, -0.2) is 4.79 Å². The Labute approximate surface area is 109 Å². The smallest absolute Gasteiger partial charge is 0.330 e. The summed E-state index contributed by atoms with van der Waals surface area (Å²) in [5.41, 5.74) is 3.67. The van der Waals surface area contributed by atoms with E-state index >= 15 is 0 Å². The second kappa shape index (κ2) is 6.84. The van der Waals surface area contributed by atoms with Crippen molar-refractivity contribution in [1.29, 1.82) is 0 Å². The van der Waals surface area contributed by atoms with Gasteiger partial charge in [0.15, 0.2) is 0 Å². The summed E-state index contributed by atoms with van der Waals surface area (Å²) in [7, 11) is 2.01. The Bertz CT molecular complexity index is 438. The minimum atomic E-state index is -0.286. The van der Waals surface area contributed by atoms with Crippen molar-refractivity contribution in [2.75, 3.05) is 25.1 Å². The lowest BCUT2D eigenvalue weighted by Gasteiger charge is -2.20. The molecule has 0 aromatic heterocycles. The molecule has 0 bridgehead atoms. The first kappa shape index (κ1) is 14.3. The van der Waals surface area contributed by atoms with Crippen LogP contribution >= 0.6 is 0 Å². The van der Waals surface area contributed by atoms with Crippen LogP contribution in [0.1, 0.15) is 18.1 Å². The summed E-state index contributed by atoms with van der Waals surface area (Å²) >= 11 is 0. The number of hydrogen-bond donors (Lipinski definition) is 0. The standard InChI is InChI=1S/C15H21NO2/c1-5-18-15(17)7-6-10-16(4)14-9-8-12(2)11-13(14)3/h6-9,11H,5,10H2,1-4H3/b7-6+. The van der Waals surface area contributed by atoms with E-state index < -0.39 is 0 Å². The molecule has 0 heterocycles. The molecule has 3 nitrogen and oxygen atoms in total. The Morgan fingerprint density at radius 3 is 2.72 bits per heavy atom. The average Bonchev–Trinajstić information content (AvgIpc) is 2.29. The number of nitrogens with zero attached hydrogens (tertiary/aromatic N) is 1. The van der Waals surface area contributed by atoms with E-state index in [4.69, 9.17) is 4.74 Å². The molecule has 1 aromatic rings. The van der Waals surface area contributed by atoms with Crippen LogP contribution in [0, 0.1) is 13.8 Å². The van der Waals surface area contributed by atoms with Gasteiger partial charge in [-0.1, -0.05) is 23.8 Å². The van der Waals surface area contributed by atoms with Crippen LogP contribution in [0.2, 0.25) is 0 Å². The van der Waals surface area contributed by atoms with Crippen LogP contribution < -0.4 is 4.90 Å². The predicted molar refractivity (Wildman–Crippen MR) is 75.0 cm³/mol. The van der Waals surface area contributed by atoms with E-state index in [9.17, 15) is 4.79 Å². The molecule has 98 valence electrons. The summed E-state index contributed by atoms with van der Waals surface area (Å²) in [5.74, 6) is -0.286. The number of aryl methyl sites for hydroxylation is 2. The van der Waals surface area contributed by atoms with Gasteiger partial charge in [0.2, 0.25) is 0 Å². The summed E-state index contributed by atoms with van der Waals surface area (Å²) in [4.78, 5) is 13.2. The van der Waals surface area contributed by atoms with Crippen molar-refractivity contribution in [3.05, 3.63) is 41.5 Å². The maximum atomic E-state index is 11.1. The van der Waals surface area contributed by atoms with Crippen LogP contribution in [-0.4, -0.2) is 26.2 Å². The number of carbonyl (C=O) groups excluding carboxylic acids is 1. The molecule has 0 aliphatic heterocycles. The molecule has 0 atom stereocenters. The van der Waals surface area contributed by atoms with Gasteiger partial charge < -0.3 is 9.64 Å². The molecule has 0 saturated carbocycles. The number of carbonyl (C=O) groups is 1. The normalized spacial score (nSPS) is 10.7. The predicted octanol–water partition coefficient (Wildman–Crippen LogP) is 2.86. The lowest BCUT2D eigenvalue weighted by Crippen LogP contribution is -2.18. The number of benzene rings is 1. The number of esters is 1. The maximum Gasteiger partial charge on any atom is 0.330 e. The minimum absolute atomic E-state index is 0.286. The molecule has 0 radical (unpaired) electrons. The minimum Gasteiger partial charge on any atom is -0.463 e. The average molecular weight is 247 g/mol. The van der Waals surface area contributed by atoms with Crippen molar-refractivity contribution in [3.8, 4) is 0 Å². The Hall–Kier alpha value is -1.77. The van der Waals surface area contributed by atoms with Gasteiger partial charge in [-0.15, -0.1) is 0 Å². The van der Waals surface area contributed by atoms with Crippen molar-refractivity contribution in [2.24, 2.45) is 0 Å². The first-order chi connectivity index (χ1) is 8.54. The SMILES string of the molecule is CCOC(=O)/C=C/CN(C)c1ccc(C)cc1C. The Morgan fingerprint density at radius 1 is 1.39 bits per heavy atom. The van der Waals surface area contributed by atoms with Gasteiger partial charge in [-0.2, -0.15) is 0 Å². The fraction of sp³-hybridized carbons (Fsp3) is 0.400. The molecule has 0 N–H and O–H groups in total. The quantitative estimate of drug-likeness (QED) is 0.592. The van der Waals surface area contributed by atoms with Gasteiger partial charge in [0.1, 0.15) is 0 Å². The number of likely N-dealkylation sites (N-methyl/N-ethyl adjacent to an activating group) is 1. The summed E-state index contributed by atoms with van der Waals surface area (Å²) in [6, 6.07) is 6.34. The van der Waals surface area contributed by atoms with Crippen LogP contribution in [0.3, 0.4) is 0 Å². The van der Waals surface area contributed by atoms with Gasteiger partial charge in [0.05, 0.1) is 6.61 Å². The molecule has 0 aliphatic rings. The molecule has 1 aromatic carbocycles. The molecular formula is C15H21NO2. The third-order valence-corrected chi connectivity index (χ3v) is 2.68. The zero-order valence-corrected chi connectivity index (χ0v) is 11.6. The number of hydrogen-bond acceptors (Lipinski definition) is 3. The van der Waals surface area contributed by atoms with Crippen LogP contribution in [0.5, 0.6) is 0 Å². The van der Waals surface area contributed by atoms with E-state index in [1.54, 1.807) is 6.92 Å². The van der Waals surface area contributed by atoms with E-state index in [0.717, 1.165) is 0 Å². The maximum absolute atomic E-state index is 11.1. The van der Waals surface area contributed by atoms with E-state index in [2.05, 4.69) is 36.9 Å². The first-order valence-electron chi connectivity index (χ1n) is 6.16. The van der Waals surface area contributed by atoms with Crippen molar-refractivity contribution >= 4 is 11.7 Å². The van der Waals surface area contributed by atoms with E-state index in [1.807, 2.05) is 13.1 Å². The zero-order valence-electron chi connectivity index (χ0n) is 11.6. The van der Waals surface area contributed by atoms with Gasteiger partial charge in [-0.05, 0) is 32.4 Å². The highest BCUT2D eigenvalue weighted by molar-refractivity contribution is 5.82. The van der Waals surface area contributed by atoms with E-state index in [1.165, 1.54) is 22.9 Å². The summed E-state index contributed by atoms with van der Waals surface area (Å²) < 4.78 is 4.82.